The van der Waals surface area contributed by atoms with Gasteiger partial charge in [-0.15, -0.1) is 0 Å². The lowest BCUT2D eigenvalue weighted by Gasteiger charge is -2.01. The van der Waals surface area contributed by atoms with Crippen LogP contribution in [0.25, 0.3) is 0 Å². The standard InChI is InChI=1S/C15H16NO.BrH/c1-12-8-9-13(2)16(10-12)11-15(17)14-6-4-3-5-7-14;/h3-10H,11H2,1-2H3;1H/q+1;/p-1. The van der Waals surface area contributed by atoms with Crippen molar-refractivity contribution in [3.63, 3.8) is 0 Å². The van der Waals surface area contributed by atoms with E-state index >= 15 is 0 Å². The highest BCUT2D eigenvalue weighted by Gasteiger charge is 2.14. The Bertz CT molecular complexity index is 537. The van der Waals surface area contributed by atoms with Gasteiger partial charge >= 0.3 is 0 Å². The summed E-state index contributed by atoms with van der Waals surface area (Å²) in [6, 6.07) is 13.5. The summed E-state index contributed by atoms with van der Waals surface area (Å²) in [6.07, 6.45) is 2.01. The van der Waals surface area contributed by atoms with Crippen molar-refractivity contribution < 1.29 is 26.3 Å². The summed E-state index contributed by atoms with van der Waals surface area (Å²) < 4.78 is 1.99. The smallest absolute Gasteiger partial charge is 0.227 e. The van der Waals surface area contributed by atoms with Crippen LogP contribution in [0.4, 0.5) is 0 Å². The summed E-state index contributed by atoms with van der Waals surface area (Å²) in [4.78, 5) is 12.1. The Morgan fingerprint density at radius 1 is 1.06 bits per heavy atom. The highest BCUT2D eigenvalue weighted by molar-refractivity contribution is 5.94. The molecule has 2 aromatic rings. The maximum absolute atomic E-state index is 12.1. The van der Waals surface area contributed by atoms with Crippen LogP contribution in [0.15, 0.2) is 48.7 Å². The highest BCUT2D eigenvalue weighted by atomic mass is 79.9. The molecule has 0 aliphatic rings. The van der Waals surface area contributed by atoms with Crippen molar-refractivity contribution in [3.8, 4) is 0 Å². The number of hydrogen-bond acceptors (Lipinski definition) is 1. The highest BCUT2D eigenvalue weighted by Crippen LogP contribution is 2.01. The third-order valence-corrected chi connectivity index (χ3v) is 2.81. The van der Waals surface area contributed by atoms with E-state index in [1.807, 2.05) is 61.0 Å². The lowest BCUT2D eigenvalue weighted by Crippen LogP contribution is -3.00. The number of hydrogen-bond donors (Lipinski definition) is 0. The van der Waals surface area contributed by atoms with Crippen LogP contribution in [0.2, 0.25) is 0 Å². The van der Waals surface area contributed by atoms with Crippen molar-refractivity contribution in [1.29, 1.82) is 0 Å². The molecule has 0 aliphatic carbocycles. The van der Waals surface area contributed by atoms with E-state index in [1.54, 1.807) is 0 Å². The summed E-state index contributed by atoms with van der Waals surface area (Å²) in [5.74, 6) is 0.143. The van der Waals surface area contributed by atoms with Crippen molar-refractivity contribution in [2.45, 2.75) is 20.4 Å². The van der Waals surface area contributed by atoms with Crippen molar-refractivity contribution in [2.75, 3.05) is 0 Å². The third kappa shape index (κ3) is 3.50. The summed E-state index contributed by atoms with van der Waals surface area (Å²) >= 11 is 0. The second kappa shape index (κ2) is 6.45. The molecule has 1 aromatic carbocycles. The zero-order chi connectivity index (χ0) is 12.3. The molecule has 0 saturated heterocycles. The molecular formula is C15H16BrNO. The lowest BCUT2D eigenvalue weighted by atomic mass is 10.1. The average Bonchev–Trinajstić information content (AvgIpc) is 2.35. The van der Waals surface area contributed by atoms with Crippen molar-refractivity contribution >= 4 is 5.78 Å². The van der Waals surface area contributed by atoms with Gasteiger partial charge in [-0.2, -0.15) is 4.57 Å². The maximum Gasteiger partial charge on any atom is 0.227 e. The molecule has 0 spiro atoms. The predicted molar refractivity (Wildman–Crippen MR) is 66.9 cm³/mol. The van der Waals surface area contributed by atoms with Crippen molar-refractivity contribution in [3.05, 3.63) is 65.5 Å². The van der Waals surface area contributed by atoms with Gasteiger partial charge in [-0.1, -0.05) is 30.3 Å². The number of pyridine rings is 1. The first kappa shape index (κ1) is 14.6. The Labute approximate surface area is 118 Å². The molecule has 0 bridgehead atoms. The minimum atomic E-state index is 0. The molecule has 0 atom stereocenters. The fourth-order valence-electron chi connectivity index (χ4n) is 1.78. The van der Waals surface area contributed by atoms with Gasteiger partial charge in [0.25, 0.3) is 0 Å². The Morgan fingerprint density at radius 3 is 2.39 bits per heavy atom. The zero-order valence-electron chi connectivity index (χ0n) is 10.6. The van der Waals surface area contributed by atoms with Gasteiger partial charge in [-0.25, -0.2) is 0 Å². The van der Waals surface area contributed by atoms with E-state index < -0.39 is 0 Å². The molecule has 18 heavy (non-hydrogen) atoms. The summed E-state index contributed by atoms with van der Waals surface area (Å²) in [5.41, 5.74) is 3.03. The SMILES string of the molecule is Cc1ccc(C)[n+](CC(=O)c2ccccc2)c1.[Br-]. The molecule has 0 aliphatic heterocycles. The Hall–Kier alpha value is -1.48. The largest absolute Gasteiger partial charge is 1.00 e. The van der Waals surface area contributed by atoms with Crippen LogP contribution < -0.4 is 21.5 Å². The van der Waals surface area contributed by atoms with Crippen LogP contribution >= 0.6 is 0 Å². The lowest BCUT2D eigenvalue weighted by molar-refractivity contribution is -0.689. The van der Waals surface area contributed by atoms with Crippen LogP contribution in [-0.2, 0) is 6.54 Å². The first-order chi connectivity index (χ1) is 8.16. The Morgan fingerprint density at radius 2 is 1.72 bits per heavy atom. The molecule has 0 unspecified atom stereocenters. The molecule has 0 radical (unpaired) electrons. The van der Waals surface area contributed by atoms with E-state index in [0.717, 1.165) is 16.8 Å². The molecule has 0 amide bonds. The predicted octanol–water partition coefficient (Wildman–Crippen LogP) is -0.522. The molecule has 2 nitrogen and oxygen atoms in total. The first-order valence-electron chi connectivity index (χ1n) is 5.72. The molecule has 0 N–H and O–H groups in total. The number of benzene rings is 1. The van der Waals surface area contributed by atoms with E-state index in [4.69, 9.17) is 0 Å². The van der Waals surface area contributed by atoms with Crippen molar-refractivity contribution in [2.24, 2.45) is 0 Å². The van der Waals surface area contributed by atoms with Crippen LogP contribution in [0.1, 0.15) is 21.6 Å². The van der Waals surface area contributed by atoms with E-state index in [1.165, 1.54) is 0 Å². The Balaban J connectivity index is 0.00000162. The number of aromatic nitrogens is 1. The summed E-state index contributed by atoms with van der Waals surface area (Å²) in [6.45, 7) is 4.44. The number of aryl methyl sites for hydroxylation is 2. The summed E-state index contributed by atoms with van der Waals surface area (Å²) in [7, 11) is 0. The van der Waals surface area contributed by atoms with Gasteiger partial charge < -0.3 is 17.0 Å². The number of nitrogens with zero attached hydrogens (tertiary/aromatic N) is 1. The number of carbonyl (C=O) groups excluding carboxylic acids is 1. The molecule has 0 fully saturated rings. The maximum atomic E-state index is 12.1. The van der Waals surface area contributed by atoms with Gasteiger partial charge in [0.2, 0.25) is 12.3 Å². The van der Waals surface area contributed by atoms with Gasteiger partial charge in [-0.3, -0.25) is 4.79 Å². The van der Waals surface area contributed by atoms with Gasteiger partial charge in [0.15, 0.2) is 11.9 Å². The molecule has 94 valence electrons. The number of Topliss-reactive ketones (excluding diaryl/α,β-unsaturated/α-hetero) is 1. The van der Waals surface area contributed by atoms with Gasteiger partial charge in [0, 0.05) is 24.1 Å². The fraction of sp³-hybridized carbons (Fsp3) is 0.200. The second-order valence-corrected chi connectivity index (χ2v) is 4.26. The minimum absolute atomic E-state index is 0. The van der Waals surface area contributed by atoms with E-state index in [0.29, 0.717) is 6.54 Å². The monoisotopic (exact) mass is 305 g/mol. The number of ketones is 1. The van der Waals surface area contributed by atoms with Gasteiger partial charge in [-0.05, 0) is 13.0 Å². The third-order valence-electron chi connectivity index (χ3n) is 2.81. The number of halogens is 1. The molecule has 1 aromatic heterocycles. The topological polar surface area (TPSA) is 20.9 Å². The minimum Gasteiger partial charge on any atom is -1.00 e. The van der Waals surface area contributed by atoms with Gasteiger partial charge in [0.05, 0.1) is 0 Å². The zero-order valence-corrected chi connectivity index (χ0v) is 12.1. The number of rotatable bonds is 3. The molecule has 1 heterocycles. The molecule has 3 heteroatoms. The van der Waals surface area contributed by atoms with Gasteiger partial charge in [0.1, 0.15) is 0 Å². The van der Waals surface area contributed by atoms with Crippen molar-refractivity contribution in [1.82, 2.24) is 0 Å². The molecular weight excluding hydrogens is 290 g/mol. The molecule has 0 saturated carbocycles. The second-order valence-electron chi connectivity index (χ2n) is 4.26. The quantitative estimate of drug-likeness (QED) is 0.552. The van der Waals surface area contributed by atoms with Crippen LogP contribution in [-0.4, -0.2) is 5.78 Å². The van der Waals surface area contributed by atoms with Crippen LogP contribution in [0.5, 0.6) is 0 Å². The Kier molecular flexibility index (Phi) is 5.23. The number of carbonyl (C=O) groups is 1. The van der Waals surface area contributed by atoms with E-state index in [9.17, 15) is 4.79 Å². The van der Waals surface area contributed by atoms with E-state index in [2.05, 4.69) is 6.07 Å². The summed E-state index contributed by atoms with van der Waals surface area (Å²) in [5, 5.41) is 0. The molecule has 2 rings (SSSR count). The first-order valence-corrected chi connectivity index (χ1v) is 5.72. The fourth-order valence-corrected chi connectivity index (χ4v) is 1.78. The normalized spacial score (nSPS) is 9.67. The average molecular weight is 306 g/mol. The van der Waals surface area contributed by atoms with Crippen LogP contribution in [0, 0.1) is 13.8 Å². The van der Waals surface area contributed by atoms with Crippen LogP contribution in [0.3, 0.4) is 0 Å². The van der Waals surface area contributed by atoms with E-state index in [-0.39, 0.29) is 22.8 Å².